The van der Waals surface area contributed by atoms with E-state index in [1.807, 2.05) is 0 Å². The quantitative estimate of drug-likeness (QED) is 0.654. The maximum Gasteiger partial charge on any atom is 0.284 e. The molecule has 4 N–H and O–H groups in total. The van der Waals surface area contributed by atoms with Crippen LogP contribution in [0, 0.1) is 0 Å². The number of alkyl halides is 2. The minimum atomic E-state index is -3.05. The summed E-state index contributed by atoms with van der Waals surface area (Å²) in [6.07, 6.45) is -2.42. The highest BCUT2D eigenvalue weighted by Crippen LogP contribution is 2.33. The maximum atomic E-state index is 12.1. The van der Waals surface area contributed by atoms with Gasteiger partial charge in [-0.25, -0.2) is 13.8 Å². The molecule has 0 atom stereocenters. The molecule has 0 radical (unpaired) electrons. The van der Waals surface area contributed by atoms with Crippen LogP contribution in [0.1, 0.15) is 22.5 Å². The summed E-state index contributed by atoms with van der Waals surface area (Å²) >= 11 is 0. The molecule has 0 bridgehead atoms. The lowest BCUT2D eigenvalue weighted by Crippen LogP contribution is -2.12. The molecular weight excluding hydrogens is 198 g/mol. The summed E-state index contributed by atoms with van der Waals surface area (Å²) in [5.74, 6) is -3.03. The van der Waals surface area contributed by atoms with Crippen molar-refractivity contribution in [2.24, 2.45) is 5.73 Å². The minimum absolute atomic E-state index is 0.626. The van der Waals surface area contributed by atoms with Gasteiger partial charge in [0, 0.05) is 0 Å². The average molecular weight is 204 g/mol. The standard InChI is InChI=1S/C7H6F2N2O3/c8-6(9)4-5(13)3(7(10)14)2(12)1-11-4/h1,6,12-13H,(H2,10,14). The molecule has 14 heavy (non-hydrogen) atoms. The number of hydrogen-bond acceptors (Lipinski definition) is 4. The van der Waals surface area contributed by atoms with Gasteiger partial charge in [0.1, 0.15) is 17.0 Å². The molecule has 0 unspecified atom stereocenters. The largest absolute Gasteiger partial charge is 0.505 e. The van der Waals surface area contributed by atoms with Gasteiger partial charge < -0.3 is 15.9 Å². The lowest BCUT2D eigenvalue weighted by molar-refractivity contribution is 0.0992. The third kappa shape index (κ3) is 1.56. The first-order valence-corrected chi connectivity index (χ1v) is 3.44. The zero-order chi connectivity index (χ0) is 10.9. The normalized spacial score (nSPS) is 10.5. The summed E-state index contributed by atoms with van der Waals surface area (Å²) in [5.41, 5.74) is 3.01. The van der Waals surface area contributed by atoms with E-state index in [1.54, 1.807) is 0 Å². The summed E-state index contributed by atoms with van der Waals surface area (Å²) in [4.78, 5) is 13.7. The molecule has 0 saturated heterocycles. The number of primary amides is 1. The Labute approximate surface area is 76.8 Å². The zero-order valence-electron chi connectivity index (χ0n) is 6.74. The molecule has 7 heteroatoms. The van der Waals surface area contributed by atoms with Gasteiger partial charge in [0.05, 0.1) is 6.20 Å². The van der Waals surface area contributed by atoms with Gasteiger partial charge in [0.15, 0.2) is 5.75 Å². The van der Waals surface area contributed by atoms with Crippen molar-refractivity contribution >= 4 is 5.91 Å². The Hall–Kier alpha value is -1.92. The van der Waals surface area contributed by atoms with E-state index < -0.39 is 35.1 Å². The molecular formula is C7H6F2N2O3. The molecule has 5 nitrogen and oxygen atoms in total. The summed E-state index contributed by atoms with van der Waals surface area (Å²) in [7, 11) is 0. The summed E-state index contributed by atoms with van der Waals surface area (Å²) in [5, 5.41) is 18.1. The molecule has 0 aliphatic rings. The first kappa shape index (κ1) is 10.2. The van der Waals surface area contributed by atoms with E-state index in [-0.39, 0.29) is 0 Å². The topological polar surface area (TPSA) is 96.4 Å². The first-order valence-electron chi connectivity index (χ1n) is 3.44. The third-order valence-electron chi connectivity index (χ3n) is 1.51. The number of pyridine rings is 1. The van der Waals surface area contributed by atoms with Crippen LogP contribution in [-0.2, 0) is 0 Å². The Balaban J connectivity index is 3.41. The molecule has 1 aromatic rings. The molecule has 1 aromatic heterocycles. The summed E-state index contributed by atoms with van der Waals surface area (Å²) < 4.78 is 24.3. The number of aromatic nitrogens is 1. The molecule has 0 saturated carbocycles. The van der Waals surface area contributed by atoms with E-state index in [2.05, 4.69) is 4.98 Å². The van der Waals surface area contributed by atoms with Crippen molar-refractivity contribution in [2.75, 3.05) is 0 Å². The number of halogens is 2. The highest BCUT2D eigenvalue weighted by molar-refractivity contribution is 5.98. The van der Waals surface area contributed by atoms with Gasteiger partial charge >= 0.3 is 0 Å². The first-order chi connectivity index (χ1) is 6.45. The van der Waals surface area contributed by atoms with E-state index >= 15 is 0 Å². The van der Waals surface area contributed by atoms with Gasteiger partial charge in [-0.05, 0) is 0 Å². The maximum absolute atomic E-state index is 12.1. The van der Waals surface area contributed by atoms with E-state index in [4.69, 9.17) is 15.9 Å². The predicted molar refractivity (Wildman–Crippen MR) is 41.0 cm³/mol. The Morgan fingerprint density at radius 3 is 2.50 bits per heavy atom. The fourth-order valence-corrected chi connectivity index (χ4v) is 0.908. The second-order valence-corrected chi connectivity index (χ2v) is 2.42. The Kier molecular flexibility index (Phi) is 2.50. The molecule has 0 spiro atoms. The second kappa shape index (κ2) is 3.44. The molecule has 0 aromatic carbocycles. The van der Waals surface area contributed by atoms with Crippen molar-refractivity contribution in [3.05, 3.63) is 17.5 Å². The van der Waals surface area contributed by atoms with Crippen LogP contribution in [-0.4, -0.2) is 21.1 Å². The summed E-state index contributed by atoms with van der Waals surface area (Å²) in [6.45, 7) is 0. The number of amides is 1. The van der Waals surface area contributed by atoms with Gasteiger partial charge in [-0.2, -0.15) is 0 Å². The van der Waals surface area contributed by atoms with Gasteiger partial charge in [-0.1, -0.05) is 0 Å². The highest BCUT2D eigenvalue weighted by atomic mass is 19.3. The van der Waals surface area contributed by atoms with Crippen LogP contribution in [0.25, 0.3) is 0 Å². The van der Waals surface area contributed by atoms with Crippen LogP contribution in [0.2, 0.25) is 0 Å². The van der Waals surface area contributed by atoms with Crippen molar-refractivity contribution in [1.82, 2.24) is 4.98 Å². The monoisotopic (exact) mass is 204 g/mol. The lowest BCUT2D eigenvalue weighted by atomic mass is 10.1. The Bertz CT molecular complexity index is 381. The van der Waals surface area contributed by atoms with Crippen LogP contribution in [0.5, 0.6) is 11.5 Å². The number of rotatable bonds is 2. The lowest BCUT2D eigenvalue weighted by Gasteiger charge is -2.06. The second-order valence-electron chi connectivity index (χ2n) is 2.42. The van der Waals surface area contributed by atoms with Gasteiger partial charge in [-0.3, -0.25) is 4.79 Å². The van der Waals surface area contributed by atoms with E-state index in [0.29, 0.717) is 6.20 Å². The Morgan fingerprint density at radius 1 is 1.50 bits per heavy atom. The zero-order valence-corrected chi connectivity index (χ0v) is 6.74. The third-order valence-corrected chi connectivity index (χ3v) is 1.51. The number of aromatic hydroxyl groups is 2. The number of hydrogen-bond donors (Lipinski definition) is 3. The van der Waals surface area contributed by atoms with Crippen LogP contribution in [0.15, 0.2) is 6.20 Å². The molecule has 0 fully saturated rings. The van der Waals surface area contributed by atoms with Crippen molar-refractivity contribution in [2.45, 2.75) is 6.43 Å². The predicted octanol–water partition coefficient (Wildman–Crippen LogP) is 0.529. The smallest absolute Gasteiger partial charge is 0.284 e. The van der Waals surface area contributed by atoms with Crippen molar-refractivity contribution < 1.29 is 23.8 Å². The molecule has 76 valence electrons. The summed E-state index contributed by atoms with van der Waals surface area (Å²) in [6, 6.07) is 0. The van der Waals surface area contributed by atoms with Crippen molar-refractivity contribution in [3.63, 3.8) is 0 Å². The molecule has 0 aliphatic carbocycles. The van der Waals surface area contributed by atoms with Crippen LogP contribution >= 0.6 is 0 Å². The number of carbonyl (C=O) groups is 1. The van der Waals surface area contributed by atoms with E-state index in [0.717, 1.165) is 0 Å². The molecule has 1 rings (SSSR count). The van der Waals surface area contributed by atoms with E-state index in [1.165, 1.54) is 0 Å². The Morgan fingerprint density at radius 2 is 2.07 bits per heavy atom. The SMILES string of the molecule is NC(=O)c1c(O)cnc(C(F)F)c1O. The molecule has 1 amide bonds. The number of nitrogens with two attached hydrogens (primary N) is 1. The highest BCUT2D eigenvalue weighted by Gasteiger charge is 2.23. The van der Waals surface area contributed by atoms with Crippen LogP contribution in [0.3, 0.4) is 0 Å². The number of nitrogens with zero attached hydrogens (tertiary/aromatic N) is 1. The van der Waals surface area contributed by atoms with Gasteiger partial charge in [0.2, 0.25) is 0 Å². The molecule has 0 aliphatic heterocycles. The molecule has 1 heterocycles. The van der Waals surface area contributed by atoms with Crippen LogP contribution in [0.4, 0.5) is 8.78 Å². The van der Waals surface area contributed by atoms with Crippen molar-refractivity contribution in [1.29, 1.82) is 0 Å². The fraction of sp³-hybridized carbons (Fsp3) is 0.143. The average Bonchev–Trinajstić information content (AvgIpc) is 2.02. The van der Waals surface area contributed by atoms with Crippen LogP contribution < -0.4 is 5.73 Å². The van der Waals surface area contributed by atoms with E-state index in [9.17, 15) is 13.6 Å². The van der Waals surface area contributed by atoms with Gasteiger partial charge in [0.25, 0.3) is 12.3 Å². The van der Waals surface area contributed by atoms with Gasteiger partial charge in [-0.15, -0.1) is 0 Å². The number of carbonyl (C=O) groups excluding carboxylic acids is 1. The fourth-order valence-electron chi connectivity index (χ4n) is 0.908. The van der Waals surface area contributed by atoms with Crippen molar-refractivity contribution in [3.8, 4) is 11.5 Å². The minimum Gasteiger partial charge on any atom is -0.505 e.